The van der Waals surface area contributed by atoms with E-state index in [0.29, 0.717) is 0 Å². The third-order valence-electron chi connectivity index (χ3n) is 2.35. The molecule has 11 heteroatoms. The molecule has 0 saturated carbocycles. The molecule has 0 bridgehead atoms. The Morgan fingerprint density at radius 2 is 1.32 bits per heavy atom. The van der Waals surface area contributed by atoms with Gasteiger partial charge in [-0.15, -0.1) is 0 Å². The van der Waals surface area contributed by atoms with E-state index in [4.69, 9.17) is 4.74 Å². The molecule has 0 aliphatic rings. The minimum atomic E-state index is -5.42. The van der Waals surface area contributed by atoms with E-state index < -0.39 is 39.9 Å². The molecule has 0 saturated heterocycles. The minimum absolute atomic E-state index is 0.0341. The van der Waals surface area contributed by atoms with E-state index in [2.05, 4.69) is 9.05 Å². The molecular formula is C11H22O9P2-4. The number of hydrogen-bond acceptors (Lipinski definition) is 9. The Kier molecular flexibility index (Phi) is 8.40. The van der Waals surface area contributed by atoms with Gasteiger partial charge in [-0.25, -0.2) is 0 Å². The van der Waals surface area contributed by atoms with Gasteiger partial charge >= 0.3 is 0 Å². The van der Waals surface area contributed by atoms with Crippen LogP contribution in [0.1, 0.15) is 41.0 Å². The van der Waals surface area contributed by atoms with Crippen molar-refractivity contribution in [1.82, 2.24) is 0 Å². The third-order valence-corrected chi connectivity index (χ3v) is 3.41. The van der Waals surface area contributed by atoms with Gasteiger partial charge in [-0.3, -0.25) is 0 Å². The average Bonchev–Trinajstić information content (AvgIpc) is 2.17. The molecule has 0 amide bonds. The van der Waals surface area contributed by atoms with Crippen molar-refractivity contribution in [2.45, 2.75) is 59.4 Å². The van der Waals surface area contributed by atoms with Crippen LogP contribution in [0.5, 0.6) is 0 Å². The molecule has 0 fully saturated rings. The first-order chi connectivity index (χ1) is 9.59. The molecule has 2 atom stereocenters. The van der Waals surface area contributed by atoms with Crippen molar-refractivity contribution in [1.29, 1.82) is 0 Å². The molecule has 0 aromatic rings. The molecule has 0 aromatic carbocycles. The second-order valence-corrected chi connectivity index (χ2v) is 8.54. The molecule has 134 valence electrons. The maximum atomic E-state index is 10.9. The zero-order chi connectivity index (χ0) is 17.8. The number of phosphoric ester groups is 2. The summed E-state index contributed by atoms with van der Waals surface area (Å²) in [6, 6.07) is 0. The summed E-state index contributed by atoms with van der Waals surface area (Å²) in [5, 5.41) is 0. The lowest BCUT2D eigenvalue weighted by Crippen LogP contribution is -2.41. The first kappa shape index (κ1) is 22.2. The normalized spacial score (nSPS) is 16.8. The molecular weight excluding hydrogens is 338 g/mol. The van der Waals surface area contributed by atoms with E-state index in [9.17, 15) is 28.7 Å². The summed E-state index contributed by atoms with van der Waals surface area (Å²) in [5.41, 5.74) is -0.519. The maximum absolute atomic E-state index is 10.9. The summed E-state index contributed by atoms with van der Waals surface area (Å²) in [7, 11) is -10.8. The summed E-state index contributed by atoms with van der Waals surface area (Å²) in [5.74, 6) is 0. The monoisotopic (exact) mass is 360 g/mol. The number of phosphoric acid groups is 2. The van der Waals surface area contributed by atoms with Crippen LogP contribution in [0.15, 0.2) is 0 Å². The van der Waals surface area contributed by atoms with Gasteiger partial charge in [-0.2, -0.15) is 0 Å². The van der Waals surface area contributed by atoms with E-state index in [1.165, 1.54) is 0 Å². The van der Waals surface area contributed by atoms with Gasteiger partial charge in [0.25, 0.3) is 0 Å². The number of rotatable bonds is 9. The van der Waals surface area contributed by atoms with Gasteiger partial charge < -0.3 is 42.5 Å². The average molecular weight is 360 g/mol. The van der Waals surface area contributed by atoms with Crippen LogP contribution in [-0.4, -0.2) is 24.9 Å². The second kappa shape index (κ2) is 8.33. The predicted molar refractivity (Wildman–Crippen MR) is 70.1 cm³/mol. The molecule has 0 N–H and O–H groups in total. The van der Waals surface area contributed by atoms with Crippen molar-refractivity contribution < 1.29 is 42.5 Å². The van der Waals surface area contributed by atoms with Crippen molar-refractivity contribution in [3.05, 3.63) is 0 Å². The van der Waals surface area contributed by atoms with Crippen LogP contribution in [0.25, 0.3) is 0 Å². The largest absolute Gasteiger partial charge is 0.790 e. The lowest BCUT2D eigenvalue weighted by atomic mass is 9.87. The van der Waals surface area contributed by atoms with E-state index in [0.717, 1.165) is 0 Å². The Labute approximate surface area is 130 Å². The highest BCUT2D eigenvalue weighted by Crippen LogP contribution is 2.38. The number of hydrogen-bond donors (Lipinski definition) is 0. The maximum Gasteiger partial charge on any atom is 0.112 e. The van der Waals surface area contributed by atoms with Gasteiger partial charge in [-0.05, 0) is 25.7 Å². The molecule has 9 nitrogen and oxygen atoms in total. The summed E-state index contributed by atoms with van der Waals surface area (Å²) < 4.78 is 35.6. The highest BCUT2D eigenvalue weighted by molar-refractivity contribution is 7.43. The van der Waals surface area contributed by atoms with E-state index in [1.54, 1.807) is 34.6 Å². The molecule has 0 spiro atoms. The van der Waals surface area contributed by atoms with Crippen LogP contribution in [0.2, 0.25) is 0 Å². The fourth-order valence-corrected chi connectivity index (χ4v) is 2.73. The third kappa shape index (κ3) is 12.7. The van der Waals surface area contributed by atoms with Crippen LogP contribution in [-0.2, 0) is 22.9 Å². The Bertz CT molecular complexity index is 420. The summed E-state index contributed by atoms with van der Waals surface area (Å²) >= 11 is 0. The molecule has 0 aromatic heterocycles. The Morgan fingerprint density at radius 1 is 0.909 bits per heavy atom. The van der Waals surface area contributed by atoms with Crippen molar-refractivity contribution in [2.75, 3.05) is 6.61 Å². The molecule has 0 heterocycles. The van der Waals surface area contributed by atoms with Crippen LogP contribution in [0.3, 0.4) is 0 Å². The smallest absolute Gasteiger partial charge is 0.112 e. The van der Waals surface area contributed by atoms with E-state index in [-0.39, 0.29) is 12.5 Å². The molecule has 0 aliphatic carbocycles. The standard InChI is InChI=1S/C11H26O9P2/c1-8(2)18-7-10(20-22(15,16)17)9(6-11(3,4)5)19-21(12,13)14/h8-10H,6-7H2,1-5H3,(H2,12,13,14)(H2,15,16,17)/p-4/t9-,10+/m0/s1. The Morgan fingerprint density at radius 3 is 1.64 bits per heavy atom. The molecule has 0 aliphatic heterocycles. The first-order valence-electron chi connectivity index (χ1n) is 6.61. The molecule has 0 radical (unpaired) electrons. The highest BCUT2D eigenvalue weighted by Gasteiger charge is 2.30. The van der Waals surface area contributed by atoms with Gasteiger partial charge in [0.05, 0.1) is 34.5 Å². The quantitative estimate of drug-likeness (QED) is 0.484. The fraction of sp³-hybridized carbons (Fsp3) is 1.00. The van der Waals surface area contributed by atoms with E-state index in [1.807, 2.05) is 0 Å². The van der Waals surface area contributed by atoms with Gasteiger partial charge in [0, 0.05) is 0 Å². The summed E-state index contributed by atoms with van der Waals surface area (Å²) in [6.45, 7) is 8.05. The van der Waals surface area contributed by atoms with Gasteiger partial charge in [-0.1, -0.05) is 20.8 Å². The second-order valence-electron chi connectivity index (χ2n) is 6.33. The predicted octanol–water partition coefficient (Wildman–Crippen LogP) is -0.725. The SMILES string of the molecule is CC(C)OC[C@@H](OP(=O)([O-])[O-])[C@H](CC(C)(C)C)OP(=O)([O-])[O-]. The molecule has 0 unspecified atom stereocenters. The van der Waals surface area contributed by atoms with Gasteiger partial charge in [0.15, 0.2) is 0 Å². The van der Waals surface area contributed by atoms with Crippen LogP contribution in [0, 0.1) is 5.41 Å². The fourth-order valence-electron chi connectivity index (χ4n) is 1.66. The lowest BCUT2D eigenvalue weighted by molar-refractivity contribution is -0.358. The zero-order valence-corrected chi connectivity index (χ0v) is 15.0. The number of ether oxygens (including phenoxy) is 1. The Balaban J connectivity index is 5.30. The summed E-state index contributed by atoms with van der Waals surface area (Å²) in [6.07, 6.45) is -3.34. The van der Waals surface area contributed by atoms with Gasteiger partial charge in [0.2, 0.25) is 0 Å². The van der Waals surface area contributed by atoms with Crippen LogP contribution >= 0.6 is 15.6 Å². The van der Waals surface area contributed by atoms with Crippen molar-refractivity contribution in [3.8, 4) is 0 Å². The molecule has 0 rings (SSSR count). The van der Waals surface area contributed by atoms with Crippen LogP contribution < -0.4 is 19.6 Å². The van der Waals surface area contributed by atoms with Crippen molar-refractivity contribution >= 4 is 15.6 Å². The van der Waals surface area contributed by atoms with E-state index >= 15 is 0 Å². The first-order valence-corrected chi connectivity index (χ1v) is 9.54. The highest BCUT2D eigenvalue weighted by atomic mass is 31.2. The van der Waals surface area contributed by atoms with Crippen molar-refractivity contribution in [3.63, 3.8) is 0 Å². The van der Waals surface area contributed by atoms with Crippen LogP contribution in [0.4, 0.5) is 0 Å². The summed E-state index contributed by atoms with van der Waals surface area (Å²) in [4.78, 5) is 43.4. The van der Waals surface area contributed by atoms with Gasteiger partial charge in [0.1, 0.15) is 6.10 Å². The lowest BCUT2D eigenvalue weighted by Gasteiger charge is -2.42. The van der Waals surface area contributed by atoms with Crippen molar-refractivity contribution in [2.24, 2.45) is 5.41 Å². The minimum Gasteiger partial charge on any atom is -0.790 e. The Hall–Kier alpha value is 0.180. The zero-order valence-electron chi connectivity index (χ0n) is 13.2. The molecule has 22 heavy (non-hydrogen) atoms. The topological polar surface area (TPSA) is 154 Å².